The van der Waals surface area contributed by atoms with Crippen LogP contribution < -0.4 is 5.32 Å². The number of rotatable bonds is 4. The Bertz CT molecular complexity index is 882. The van der Waals surface area contributed by atoms with Crippen LogP contribution in [0, 0.1) is 17.3 Å². The highest BCUT2D eigenvalue weighted by molar-refractivity contribution is 5.40. The number of phenols is 1. The van der Waals surface area contributed by atoms with Crippen LogP contribution in [0.2, 0.25) is 0 Å². The fourth-order valence-electron chi connectivity index (χ4n) is 6.98. The number of aryl methyl sites for hydroxylation is 1. The molecule has 3 N–H and O–H groups in total. The normalized spacial score (nSPS) is 35.6. The monoisotopic (exact) mass is 391 g/mol. The van der Waals surface area contributed by atoms with Gasteiger partial charge >= 0.3 is 0 Å². The summed E-state index contributed by atoms with van der Waals surface area (Å²) in [6.45, 7) is 3.85. The molecule has 5 atom stereocenters. The number of hydrogen-bond acceptors (Lipinski definition) is 3. The third kappa shape index (κ3) is 3.10. The fourth-order valence-corrected chi connectivity index (χ4v) is 6.98. The summed E-state index contributed by atoms with van der Waals surface area (Å²) < 4.78 is 0. The summed E-state index contributed by atoms with van der Waals surface area (Å²) in [5.74, 6) is 2.24. The molecule has 3 aliphatic rings. The summed E-state index contributed by atoms with van der Waals surface area (Å²) >= 11 is 0. The standard InChI is InChI=1S/C26H33NO2/c1-25-13-11-22-21-10-8-20(28)15-19(21)7-9-23(22)24(25)12-14-26(25,29)17-27-16-18-5-3-2-4-6-18/h2-6,8,10,15,22-24,27-29H,7,9,11-14,16-17H2,1H3/t22-,23+,24+,25+,26+/m1/s1. The van der Waals surface area contributed by atoms with Crippen LogP contribution in [-0.2, 0) is 13.0 Å². The Kier molecular flexibility index (Phi) is 4.71. The van der Waals surface area contributed by atoms with E-state index in [9.17, 15) is 10.2 Å². The Morgan fingerprint density at radius 3 is 2.69 bits per heavy atom. The molecule has 0 heterocycles. The Morgan fingerprint density at radius 2 is 1.86 bits per heavy atom. The predicted octanol–water partition coefficient (Wildman–Crippen LogP) is 4.77. The molecular weight excluding hydrogens is 358 g/mol. The summed E-state index contributed by atoms with van der Waals surface area (Å²) in [4.78, 5) is 0. The first-order chi connectivity index (χ1) is 14.0. The minimum atomic E-state index is -0.618. The van der Waals surface area contributed by atoms with Crippen molar-refractivity contribution in [2.75, 3.05) is 6.54 Å². The molecule has 3 aliphatic carbocycles. The van der Waals surface area contributed by atoms with Crippen LogP contribution in [0.4, 0.5) is 0 Å². The lowest BCUT2D eigenvalue weighted by Crippen LogP contribution is -2.55. The van der Waals surface area contributed by atoms with Gasteiger partial charge < -0.3 is 15.5 Å². The Balaban J connectivity index is 1.32. The van der Waals surface area contributed by atoms with Crippen molar-refractivity contribution in [1.29, 1.82) is 0 Å². The van der Waals surface area contributed by atoms with E-state index in [1.807, 2.05) is 18.2 Å². The number of nitrogens with one attached hydrogen (secondary N) is 1. The predicted molar refractivity (Wildman–Crippen MR) is 116 cm³/mol. The minimum absolute atomic E-state index is 0.00766. The molecule has 2 aromatic carbocycles. The molecule has 3 nitrogen and oxygen atoms in total. The lowest BCUT2D eigenvalue weighted by molar-refractivity contribution is -0.101. The van der Waals surface area contributed by atoms with Gasteiger partial charge in [-0.05, 0) is 85.1 Å². The molecule has 2 fully saturated rings. The lowest BCUT2D eigenvalue weighted by atomic mass is 9.53. The molecule has 2 saturated carbocycles. The number of hydrogen-bond donors (Lipinski definition) is 3. The molecule has 0 radical (unpaired) electrons. The molecule has 0 bridgehead atoms. The Labute approximate surface area is 174 Å². The SMILES string of the molecule is C[C@]12CC[C@@H]3c4ccc(O)cc4CC[C@@H]3[C@@H]1CC[C@]2(O)CNCc1ccccc1. The highest BCUT2D eigenvalue weighted by Gasteiger charge is 2.61. The zero-order valence-corrected chi connectivity index (χ0v) is 17.4. The summed E-state index contributed by atoms with van der Waals surface area (Å²) in [6, 6.07) is 16.4. The summed E-state index contributed by atoms with van der Waals surface area (Å²) in [7, 11) is 0. The van der Waals surface area contributed by atoms with E-state index in [4.69, 9.17) is 0 Å². The maximum absolute atomic E-state index is 11.8. The molecule has 5 rings (SSSR count). The van der Waals surface area contributed by atoms with Gasteiger partial charge in [-0.15, -0.1) is 0 Å². The first-order valence-electron chi connectivity index (χ1n) is 11.3. The van der Waals surface area contributed by atoms with E-state index in [0.29, 0.717) is 30.0 Å². The van der Waals surface area contributed by atoms with Crippen molar-refractivity contribution in [2.45, 2.75) is 63.5 Å². The number of aromatic hydroxyl groups is 1. The van der Waals surface area contributed by atoms with Crippen LogP contribution in [0.1, 0.15) is 61.6 Å². The maximum Gasteiger partial charge on any atom is 0.115 e. The summed E-state index contributed by atoms with van der Waals surface area (Å²) in [6.07, 6.45) is 6.52. The van der Waals surface area contributed by atoms with Crippen molar-refractivity contribution in [3.05, 3.63) is 65.2 Å². The van der Waals surface area contributed by atoms with Crippen molar-refractivity contribution in [1.82, 2.24) is 5.32 Å². The van der Waals surface area contributed by atoms with Gasteiger partial charge in [0.2, 0.25) is 0 Å². The molecule has 29 heavy (non-hydrogen) atoms. The molecule has 154 valence electrons. The van der Waals surface area contributed by atoms with Crippen LogP contribution >= 0.6 is 0 Å². The van der Waals surface area contributed by atoms with E-state index in [1.165, 1.54) is 23.1 Å². The van der Waals surface area contributed by atoms with Gasteiger partial charge in [0.05, 0.1) is 5.60 Å². The van der Waals surface area contributed by atoms with Gasteiger partial charge in [-0.1, -0.05) is 43.3 Å². The van der Waals surface area contributed by atoms with Crippen LogP contribution in [0.25, 0.3) is 0 Å². The van der Waals surface area contributed by atoms with Crippen molar-refractivity contribution in [3.8, 4) is 5.75 Å². The second kappa shape index (κ2) is 7.14. The molecular formula is C26H33NO2. The molecule has 2 aromatic rings. The number of benzene rings is 2. The van der Waals surface area contributed by atoms with Crippen molar-refractivity contribution in [2.24, 2.45) is 17.3 Å². The average Bonchev–Trinajstić information content (AvgIpc) is 2.99. The number of fused-ring (bicyclic) bond motifs is 5. The zero-order valence-electron chi connectivity index (χ0n) is 17.4. The Hall–Kier alpha value is -1.84. The molecule has 0 spiro atoms. The fraction of sp³-hybridized carbons (Fsp3) is 0.538. The average molecular weight is 392 g/mol. The van der Waals surface area contributed by atoms with E-state index >= 15 is 0 Å². The lowest BCUT2D eigenvalue weighted by Gasteiger charge is -2.53. The topological polar surface area (TPSA) is 52.5 Å². The quantitative estimate of drug-likeness (QED) is 0.704. The molecule has 0 amide bonds. The number of aliphatic hydroxyl groups is 1. The highest BCUT2D eigenvalue weighted by atomic mass is 16.3. The van der Waals surface area contributed by atoms with Gasteiger partial charge in [0.25, 0.3) is 0 Å². The minimum Gasteiger partial charge on any atom is -0.508 e. The van der Waals surface area contributed by atoms with E-state index in [-0.39, 0.29) is 5.41 Å². The van der Waals surface area contributed by atoms with Crippen LogP contribution in [0.5, 0.6) is 5.75 Å². The van der Waals surface area contributed by atoms with E-state index < -0.39 is 5.60 Å². The second-order valence-electron chi connectivity index (χ2n) is 9.91. The maximum atomic E-state index is 11.8. The number of phenolic OH excluding ortho intramolecular Hbond substituents is 1. The third-order valence-corrected chi connectivity index (χ3v) is 8.62. The molecule has 0 aliphatic heterocycles. The van der Waals surface area contributed by atoms with Crippen molar-refractivity contribution in [3.63, 3.8) is 0 Å². The van der Waals surface area contributed by atoms with Crippen LogP contribution in [-0.4, -0.2) is 22.4 Å². The summed E-state index contributed by atoms with van der Waals surface area (Å²) in [5, 5.41) is 25.2. The second-order valence-corrected chi connectivity index (χ2v) is 9.91. The van der Waals surface area contributed by atoms with E-state index in [1.54, 1.807) is 0 Å². The highest BCUT2D eigenvalue weighted by Crippen LogP contribution is 2.64. The van der Waals surface area contributed by atoms with Crippen LogP contribution in [0.3, 0.4) is 0 Å². The smallest absolute Gasteiger partial charge is 0.115 e. The van der Waals surface area contributed by atoms with Gasteiger partial charge in [-0.2, -0.15) is 0 Å². The van der Waals surface area contributed by atoms with Crippen molar-refractivity contribution >= 4 is 0 Å². The van der Waals surface area contributed by atoms with E-state index in [0.717, 1.165) is 38.6 Å². The van der Waals surface area contributed by atoms with Crippen molar-refractivity contribution < 1.29 is 10.2 Å². The molecule has 0 saturated heterocycles. The van der Waals surface area contributed by atoms with Gasteiger partial charge in [0, 0.05) is 18.5 Å². The van der Waals surface area contributed by atoms with Gasteiger partial charge in [-0.3, -0.25) is 0 Å². The molecule has 0 aromatic heterocycles. The van der Waals surface area contributed by atoms with E-state index in [2.05, 4.69) is 42.6 Å². The first kappa shape index (κ1) is 19.1. The molecule has 3 heteroatoms. The Morgan fingerprint density at radius 1 is 1.03 bits per heavy atom. The van der Waals surface area contributed by atoms with Gasteiger partial charge in [0.15, 0.2) is 0 Å². The largest absolute Gasteiger partial charge is 0.508 e. The summed E-state index contributed by atoms with van der Waals surface area (Å²) in [5.41, 5.74) is 3.44. The molecule has 0 unspecified atom stereocenters. The van der Waals surface area contributed by atoms with Gasteiger partial charge in [-0.25, -0.2) is 0 Å². The zero-order chi connectivity index (χ0) is 20.1. The third-order valence-electron chi connectivity index (χ3n) is 8.62. The first-order valence-corrected chi connectivity index (χ1v) is 11.3. The van der Waals surface area contributed by atoms with Gasteiger partial charge in [0.1, 0.15) is 5.75 Å². The van der Waals surface area contributed by atoms with Crippen LogP contribution in [0.15, 0.2) is 48.5 Å².